The van der Waals surface area contributed by atoms with Crippen LogP contribution in [0.5, 0.6) is 0 Å². The summed E-state index contributed by atoms with van der Waals surface area (Å²) < 4.78 is 2.16. The second-order valence-corrected chi connectivity index (χ2v) is 10.8. The van der Waals surface area contributed by atoms with Crippen LogP contribution in [0.4, 0.5) is 11.4 Å². The number of hydrogen-bond donors (Lipinski definition) is 1. The van der Waals surface area contributed by atoms with Gasteiger partial charge in [-0.1, -0.05) is 6.07 Å². The predicted octanol–water partition coefficient (Wildman–Crippen LogP) is 5.81. The fourth-order valence-electron chi connectivity index (χ4n) is 5.35. The zero-order valence-electron chi connectivity index (χ0n) is 21.5. The fourth-order valence-corrected chi connectivity index (χ4v) is 5.35. The Labute approximate surface area is 216 Å². The van der Waals surface area contributed by atoms with E-state index in [4.69, 9.17) is 9.97 Å². The quantitative estimate of drug-likeness (QED) is 0.311. The van der Waals surface area contributed by atoms with Gasteiger partial charge in [0, 0.05) is 72.7 Å². The molecule has 0 bridgehead atoms. The van der Waals surface area contributed by atoms with Crippen molar-refractivity contribution in [3.8, 4) is 0 Å². The molecule has 2 fully saturated rings. The van der Waals surface area contributed by atoms with E-state index in [2.05, 4.69) is 87.5 Å². The first-order chi connectivity index (χ1) is 18.0. The van der Waals surface area contributed by atoms with Gasteiger partial charge in [-0.05, 0) is 74.1 Å². The second-order valence-electron chi connectivity index (χ2n) is 10.8. The van der Waals surface area contributed by atoms with Crippen molar-refractivity contribution in [2.45, 2.75) is 50.5 Å². The summed E-state index contributed by atoms with van der Waals surface area (Å²) in [5.41, 5.74) is 8.83. The van der Waals surface area contributed by atoms with E-state index in [0.29, 0.717) is 18.4 Å². The molecule has 2 saturated carbocycles. The van der Waals surface area contributed by atoms with Crippen molar-refractivity contribution in [3.63, 3.8) is 0 Å². The van der Waals surface area contributed by atoms with Crippen LogP contribution in [0.1, 0.15) is 65.5 Å². The predicted molar refractivity (Wildman–Crippen MR) is 147 cm³/mol. The van der Waals surface area contributed by atoms with Gasteiger partial charge in [-0.25, -0.2) is 15.0 Å². The maximum atomic E-state index is 5.12. The molecule has 5 aromatic rings. The van der Waals surface area contributed by atoms with Crippen LogP contribution in [-0.4, -0.2) is 38.4 Å². The Morgan fingerprint density at radius 3 is 2.68 bits per heavy atom. The van der Waals surface area contributed by atoms with E-state index in [1.54, 1.807) is 0 Å². The monoisotopic (exact) mass is 489 g/mol. The van der Waals surface area contributed by atoms with Crippen LogP contribution in [0.2, 0.25) is 0 Å². The van der Waals surface area contributed by atoms with Crippen molar-refractivity contribution in [1.29, 1.82) is 0 Å². The third kappa shape index (κ3) is 4.28. The van der Waals surface area contributed by atoms with E-state index in [1.807, 2.05) is 19.2 Å². The van der Waals surface area contributed by atoms with Crippen molar-refractivity contribution in [2.24, 2.45) is 0 Å². The molecule has 4 aromatic heterocycles. The molecule has 186 valence electrons. The van der Waals surface area contributed by atoms with Crippen LogP contribution in [0.25, 0.3) is 16.6 Å². The third-order valence-electron chi connectivity index (χ3n) is 7.65. The highest BCUT2D eigenvalue weighted by molar-refractivity contribution is 5.93. The fraction of sp³-hybridized carbons (Fsp3) is 0.333. The summed E-state index contributed by atoms with van der Waals surface area (Å²) in [6.07, 6.45) is 9.89. The van der Waals surface area contributed by atoms with Gasteiger partial charge in [0.1, 0.15) is 11.5 Å². The van der Waals surface area contributed by atoms with E-state index in [1.165, 1.54) is 24.1 Å². The topological polar surface area (TPSA) is 71.2 Å². The van der Waals surface area contributed by atoms with Crippen LogP contribution in [-0.2, 0) is 6.54 Å². The van der Waals surface area contributed by atoms with Crippen molar-refractivity contribution in [3.05, 3.63) is 89.5 Å². The van der Waals surface area contributed by atoms with Crippen molar-refractivity contribution < 1.29 is 0 Å². The zero-order chi connectivity index (χ0) is 25.1. The first-order valence-corrected chi connectivity index (χ1v) is 13.1. The van der Waals surface area contributed by atoms with Crippen LogP contribution < -0.4 is 10.2 Å². The lowest BCUT2D eigenvalue weighted by atomic mass is 10.1. The molecular weight excluding hydrogens is 458 g/mol. The van der Waals surface area contributed by atoms with E-state index in [0.717, 1.165) is 57.5 Å². The molecule has 2 atom stereocenters. The number of nitrogens with zero attached hydrogens (tertiary/aromatic N) is 6. The minimum Gasteiger partial charge on any atom is -0.379 e. The molecule has 0 aliphatic heterocycles. The van der Waals surface area contributed by atoms with Gasteiger partial charge in [-0.3, -0.25) is 4.98 Å². The van der Waals surface area contributed by atoms with Gasteiger partial charge >= 0.3 is 0 Å². The molecular formula is C30H31N7. The normalized spacial score (nSPS) is 18.9. The van der Waals surface area contributed by atoms with Gasteiger partial charge in [0.05, 0.1) is 17.8 Å². The molecule has 2 unspecified atom stereocenters. The van der Waals surface area contributed by atoms with Gasteiger partial charge in [-0.15, -0.1) is 0 Å². The summed E-state index contributed by atoms with van der Waals surface area (Å²) in [5, 5.41) is 4.72. The van der Waals surface area contributed by atoms with Crippen LogP contribution >= 0.6 is 0 Å². The van der Waals surface area contributed by atoms with Gasteiger partial charge in [-0.2, -0.15) is 0 Å². The average molecular weight is 490 g/mol. The number of anilines is 2. The summed E-state index contributed by atoms with van der Waals surface area (Å²) in [6.45, 7) is 2.69. The number of imidazole rings is 1. The summed E-state index contributed by atoms with van der Waals surface area (Å²) in [6, 6.07) is 15.0. The number of hydrogen-bond acceptors (Lipinski definition) is 6. The number of aryl methyl sites for hydroxylation is 1. The molecule has 0 saturated heterocycles. The summed E-state index contributed by atoms with van der Waals surface area (Å²) >= 11 is 0. The molecule has 0 amide bonds. The second kappa shape index (κ2) is 8.54. The molecule has 0 radical (unpaired) electrons. The molecule has 1 N–H and O–H groups in total. The summed E-state index contributed by atoms with van der Waals surface area (Å²) in [7, 11) is 4.19. The number of fused-ring (bicyclic) bond motifs is 2. The molecule has 1 aromatic carbocycles. The number of nitrogens with one attached hydrogen (secondary N) is 1. The first-order valence-electron chi connectivity index (χ1n) is 13.1. The largest absolute Gasteiger partial charge is 0.379 e. The number of pyridine rings is 2. The number of benzene rings is 1. The van der Waals surface area contributed by atoms with Crippen molar-refractivity contribution in [2.75, 3.05) is 24.3 Å². The van der Waals surface area contributed by atoms with Gasteiger partial charge < -0.3 is 14.6 Å². The Morgan fingerprint density at radius 1 is 0.973 bits per heavy atom. The summed E-state index contributed by atoms with van der Waals surface area (Å²) in [4.78, 5) is 21.3. The lowest BCUT2D eigenvalue weighted by Gasteiger charge is -2.18. The Morgan fingerprint density at radius 2 is 1.86 bits per heavy atom. The highest BCUT2D eigenvalue weighted by atomic mass is 15.1. The molecule has 7 heteroatoms. The molecule has 4 heterocycles. The Balaban J connectivity index is 1.14. The van der Waals surface area contributed by atoms with Crippen molar-refractivity contribution >= 4 is 27.9 Å². The molecule has 0 spiro atoms. The minimum absolute atomic E-state index is 0.344. The molecule has 2 aliphatic rings. The highest BCUT2D eigenvalue weighted by Gasteiger charge is 2.43. The maximum Gasteiger partial charge on any atom is 0.137 e. The lowest BCUT2D eigenvalue weighted by Crippen LogP contribution is -2.10. The number of aromatic nitrogens is 5. The zero-order valence-corrected chi connectivity index (χ0v) is 21.5. The SMILES string of the molecule is Cc1ccnc(C2CC2c2cc(N(C)C)c3ccc(NCc4cn5cc(C6CC6)ccc5n4)cc3n2)n1. The lowest BCUT2D eigenvalue weighted by molar-refractivity contribution is 0.867. The van der Waals surface area contributed by atoms with E-state index >= 15 is 0 Å². The Hall–Kier alpha value is -4.00. The molecule has 37 heavy (non-hydrogen) atoms. The third-order valence-corrected chi connectivity index (χ3v) is 7.65. The minimum atomic E-state index is 0.344. The van der Waals surface area contributed by atoms with E-state index < -0.39 is 0 Å². The van der Waals surface area contributed by atoms with Crippen LogP contribution in [0.15, 0.2) is 61.1 Å². The number of rotatable bonds is 7. The molecule has 7 rings (SSSR count). The van der Waals surface area contributed by atoms with Crippen molar-refractivity contribution in [1.82, 2.24) is 24.3 Å². The van der Waals surface area contributed by atoms with Gasteiger partial charge in [0.15, 0.2) is 0 Å². The Bertz CT molecular complexity index is 1630. The average Bonchev–Trinajstić information content (AvgIpc) is 3.82. The smallest absolute Gasteiger partial charge is 0.137 e. The Kier molecular flexibility index (Phi) is 5.13. The van der Waals surface area contributed by atoms with Gasteiger partial charge in [0.25, 0.3) is 0 Å². The van der Waals surface area contributed by atoms with E-state index in [9.17, 15) is 0 Å². The maximum absolute atomic E-state index is 5.12. The van der Waals surface area contributed by atoms with E-state index in [-0.39, 0.29) is 0 Å². The first kappa shape index (κ1) is 22.2. The molecule has 2 aliphatic carbocycles. The molecule has 7 nitrogen and oxygen atoms in total. The standard InChI is InChI=1S/C30H31N7/c1-18-10-11-31-30(33-18)25-13-24(25)27-14-28(36(2)3)23-8-7-21(12-26(23)35-27)32-15-22-17-37-16-20(19-4-5-19)6-9-29(37)34-22/h6-12,14,16-17,19,24-25,32H,4-5,13,15H2,1-3H3. The summed E-state index contributed by atoms with van der Waals surface area (Å²) in [5.74, 6) is 2.38. The van der Waals surface area contributed by atoms with Crippen LogP contribution in [0.3, 0.4) is 0 Å². The van der Waals surface area contributed by atoms with Crippen LogP contribution in [0, 0.1) is 6.92 Å². The van der Waals surface area contributed by atoms with Gasteiger partial charge in [0.2, 0.25) is 0 Å². The highest BCUT2D eigenvalue weighted by Crippen LogP contribution is 2.53.